The molecule has 0 heterocycles. The van der Waals surface area contributed by atoms with Crippen LogP contribution in [0.5, 0.6) is 5.75 Å². The third-order valence-corrected chi connectivity index (χ3v) is 2.09. The van der Waals surface area contributed by atoms with Gasteiger partial charge in [0.25, 0.3) is 0 Å². The Kier molecular flexibility index (Phi) is 4.67. The van der Waals surface area contributed by atoms with E-state index in [9.17, 15) is 8.78 Å². The maximum absolute atomic E-state index is 11.9. The van der Waals surface area contributed by atoms with E-state index in [4.69, 9.17) is 5.26 Å². The number of hydrogen-bond acceptors (Lipinski definition) is 3. The van der Waals surface area contributed by atoms with Gasteiger partial charge < -0.3 is 4.74 Å². The van der Waals surface area contributed by atoms with Gasteiger partial charge in [-0.3, -0.25) is 5.32 Å². The molecule has 1 atom stereocenters. The summed E-state index contributed by atoms with van der Waals surface area (Å²) in [6.45, 7) is -0.670. The Morgan fingerprint density at radius 1 is 1.38 bits per heavy atom. The molecule has 0 aliphatic rings. The van der Waals surface area contributed by atoms with Crippen LogP contribution in [0.1, 0.15) is 18.5 Å². The van der Waals surface area contributed by atoms with Crippen molar-refractivity contribution in [3.8, 4) is 11.8 Å². The van der Waals surface area contributed by atoms with Gasteiger partial charge in [0.15, 0.2) is 0 Å². The van der Waals surface area contributed by atoms with Crippen LogP contribution in [0.2, 0.25) is 0 Å². The number of nitrogens with one attached hydrogen (secondary N) is 1. The van der Waals surface area contributed by atoms with Crippen molar-refractivity contribution >= 4 is 0 Å². The summed E-state index contributed by atoms with van der Waals surface area (Å²) < 4.78 is 28.0. The zero-order chi connectivity index (χ0) is 12.0. The number of ether oxygens (including phenoxy) is 1. The average Bonchev–Trinajstić information content (AvgIpc) is 2.26. The minimum atomic E-state index is -2.81. The van der Waals surface area contributed by atoms with E-state index in [2.05, 4.69) is 10.1 Å². The van der Waals surface area contributed by atoms with Crippen LogP contribution < -0.4 is 10.1 Å². The second-order valence-corrected chi connectivity index (χ2v) is 3.21. The molecule has 0 amide bonds. The van der Waals surface area contributed by atoms with Crippen molar-refractivity contribution in [2.45, 2.75) is 19.6 Å². The molecule has 1 N–H and O–H groups in total. The fourth-order valence-corrected chi connectivity index (χ4v) is 1.25. The van der Waals surface area contributed by atoms with Gasteiger partial charge in [-0.1, -0.05) is 12.1 Å². The minimum Gasteiger partial charge on any atom is -0.435 e. The molecular weight excluding hydrogens is 214 g/mol. The van der Waals surface area contributed by atoms with Crippen LogP contribution in [0.4, 0.5) is 8.78 Å². The Bertz CT molecular complexity index is 359. The summed E-state index contributed by atoms with van der Waals surface area (Å²) in [5.41, 5.74) is 0.914. The van der Waals surface area contributed by atoms with E-state index in [1.165, 1.54) is 12.1 Å². The topological polar surface area (TPSA) is 45.0 Å². The van der Waals surface area contributed by atoms with E-state index >= 15 is 0 Å². The number of benzene rings is 1. The van der Waals surface area contributed by atoms with E-state index in [1.54, 1.807) is 12.1 Å². The first-order valence-corrected chi connectivity index (χ1v) is 4.78. The largest absolute Gasteiger partial charge is 0.435 e. The van der Waals surface area contributed by atoms with Crippen molar-refractivity contribution in [1.29, 1.82) is 5.26 Å². The van der Waals surface area contributed by atoms with Gasteiger partial charge in [0.2, 0.25) is 0 Å². The Balaban J connectivity index is 2.60. The Hall–Kier alpha value is -1.67. The molecule has 16 heavy (non-hydrogen) atoms. The summed E-state index contributed by atoms with van der Waals surface area (Å²) in [6, 6.07) is 8.30. The normalized spacial score (nSPS) is 12.2. The van der Waals surface area contributed by atoms with E-state index in [0.717, 1.165) is 5.56 Å². The first-order valence-electron chi connectivity index (χ1n) is 4.78. The average molecular weight is 226 g/mol. The Morgan fingerprint density at radius 2 is 2.00 bits per heavy atom. The maximum Gasteiger partial charge on any atom is 0.387 e. The van der Waals surface area contributed by atoms with Gasteiger partial charge in [-0.25, -0.2) is 0 Å². The molecule has 5 heteroatoms. The van der Waals surface area contributed by atoms with Crippen LogP contribution >= 0.6 is 0 Å². The van der Waals surface area contributed by atoms with E-state index in [0.29, 0.717) is 0 Å². The summed E-state index contributed by atoms with van der Waals surface area (Å²) in [4.78, 5) is 0. The predicted octanol–water partition coefficient (Wildman–Crippen LogP) is 2.46. The lowest BCUT2D eigenvalue weighted by Gasteiger charge is -2.12. The van der Waals surface area contributed by atoms with Gasteiger partial charge in [-0.2, -0.15) is 14.0 Å². The van der Waals surface area contributed by atoms with Gasteiger partial charge in [0, 0.05) is 6.04 Å². The summed E-state index contributed by atoms with van der Waals surface area (Å²) in [5, 5.41) is 11.3. The molecule has 1 rings (SSSR count). The van der Waals surface area contributed by atoms with Crippen molar-refractivity contribution in [2.24, 2.45) is 0 Å². The highest BCUT2D eigenvalue weighted by Crippen LogP contribution is 2.18. The molecule has 1 aromatic carbocycles. The van der Waals surface area contributed by atoms with Gasteiger partial charge >= 0.3 is 6.61 Å². The second kappa shape index (κ2) is 6.03. The minimum absolute atomic E-state index is 0.000231. The summed E-state index contributed by atoms with van der Waals surface area (Å²) >= 11 is 0. The predicted molar refractivity (Wildman–Crippen MR) is 55.1 cm³/mol. The molecule has 0 bridgehead atoms. The van der Waals surface area contributed by atoms with Crippen LogP contribution in [-0.2, 0) is 0 Å². The molecule has 0 fully saturated rings. The molecule has 3 nitrogen and oxygen atoms in total. The Morgan fingerprint density at radius 3 is 2.50 bits per heavy atom. The molecule has 0 spiro atoms. The van der Waals surface area contributed by atoms with Crippen molar-refractivity contribution < 1.29 is 13.5 Å². The van der Waals surface area contributed by atoms with Gasteiger partial charge in [-0.05, 0) is 24.6 Å². The van der Waals surface area contributed by atoms with Gasteiger partial charge in [0.1, 0.15) is 5.75 Å². The lowest BCUT2D eigenvalue weighted by atomic mass is 10.1. The molecule has 0 saturated carbocycles. The maximum atomic E-state index is 11.9. The summed E-state index contributed by atoms with van der Waals surface area (Å²) in [5.74, 6) is 0.131. The SMILES string of the molecule is C[C@@H](NCC#N)c1ccc(OC(F)F)cc1. The van der Waals surface area contributed by atoms with E-state index < -0.39 is 6.61 Å². The summed E-state index contributed by atoms with van der Waals surface area (Å²) in [7, 11) is 0. The molecule has 0 saturated heterocycles. The first-order chi connectivity index (χ1) is 7.63. The lowest BCUT2D eigenvalue weighted by molar-refractivity contribution is -0.0498. The highest BCUT2D eigenvalue weighted by Gasteiger charge is 2.06. The molecule has 0 unspecified atom stereocenters. The molecule has 0 aliphatic heterocycles. The zero-order valence-electron chi connectivity index (χ0n) is 8.78. The third kappa shape index (κ3) is 3.83. The van der Waals surface area contributed by atoms with E-state index in [1.807, 2.05) is 13.0 Å². The number of nitrogens with zero attached hydrogens (tertiary/aromatic N) is 1. The molecule has 0 aromatic heterocycles. The third-order valence-electron chi connectivity index (χ3n) is 2.09. The van der Waals surface area contributed by atoms with Crippen LogP contribution in [0.3, 0.4) is 0 Å². The lowest BCUT2D eigenvalue weighted by Crippen LogP contribution is -2.18. The van der Waals surface area contributed by atoms with Crippen molar-refractivity contribution in [3.05, 3.63) is 29.8 Å². The zero-order valence-corrected chi connectivity index (χ0v) is 8.78. The summed E-state index contributed by atoms with van der Waals surface area (Å²) in [6.07, 6.45) is 0. The van der Waals surface area contributed by atoms with E-state index in [-0.39, 0.29) is 18.3 Å². The number of alkyl halides is 2. The first kappa shape index (κ1) is 12.4. The molecule has 0 aliphatic carbocycles. The standard InChI is InChI=1S/C11H12F2N2O/c1-8(15-7-6-14)9-2-4-10(5-3-9)16-11(12)13/h2-5,8,11,15H,7H2,1H3/t8-/m1/s1. The quantitative estimate of drug-likeness (QED) is 0.784. The molecule has 0 radical (unpaired) electrons. The second-order valence-electron chi connectivity index (χ2n) is 3.21. The number of halogens is 2. The van der Waals surface area contributed by atoms with Gasteiger partial charge in [-0.15, -0.1) is 0 Å². The fourth-order valence-electron chi connectivity index (χ4n) is 1.25. The molecular formula is C11H12F2N2O. The van der Waals surface area contributed by atoms with Crippen molar-refractivity contribution in [1.82, 2.24) is 5.32 Å². The van der Waals surface area contributed by atoms with Gasteiger partial charge in [0.05, 0.1) is 12.6 Å². The monoisotopic (exact) mass is 226 g/mol. The highest BCUT2D eigenvalue weighted by molar-refractivity contribution is 5.29. The van der Waals surface area contributed by atoms with Crippen LogP contribution in [0.15, 0.2) is 24.3 Å². The van der Waals surface area contributed by atoms with Crippen LogP contribution in [0.25, 0.3) is 0 Å². The van der Waals surface area contributed by atoms with Crippen LogP contribution in [0, 0.1) is 11.3 Å². The molecule has 1 aromatic rings. The number of hydrogen-bond donors (Lipinski definition) is 1. The highest BCUT2D eigenvalue weighted by atomic mass is 19.3. The number of nitriles is 1. The van der Waals surface area contributed by atoms with Crippen LogP contribution in [-0.4, -0.2) is 13.2 Å². The number of rotatable bonds is 5. The smallest absolute Gasteiger partial charge is 0.387 e. The Labute approximate surface area is 92.6 Å². The fraction of sp³-hybridized carbons (Fsp3) is 0.364. The van der Waals surface area contributed by atoms with Crippen molar-refractivity contribution in [3.63, 3.8) is 0 Å². The molecule has 86 valence electrons. The van der Waals surface area contributed by atoms with Crippen molar-refractivity contribution in [2.75, 3.05) is 6.54 Å².